The Balaban J connectivity index is 0.000000586. The zero-order valence-corrected chi connectivity index (χ0v) is 20.4. The number of benzene rings is 3. The van der Waals surface area contributed by atoms with Gasteiger partial charge in [-0.2, -0.15) is 9.30 Å². The summed E-state index contributed by atoms with van der Waals surface area (Å²) >= 11 is 0. The Morgan fingerprint density at radius 1 is 0.541 bits per heavy atom. The van der Waals surface area contributed by atoms with Crippen molar-refractivity contribution in [1.29, 1.82) is 0 Å². The highest BCUT2D eigenvalue weighted by Gasteiger charge is 2.23. The molecule has 5 aromatic rings. The molecule has 0 radical (unpaired) electrons. The molecule has 0 saturated heterocycles. The third-order valence-corrected chi connectivity index (χ3v) is 5.59. The maximum absolute atomic E-state index is 11.9. The topological polar surface area (TPSA) is 123 Å². The lowest BCUT2D eigenvalue weighted by molar-refractivity contribution is -2.00. The lowest BCUT2D eigenvalue weighted by atomic mass is 9.98. The van der Waals surface area contributed by atoms with Gasteiger partial charge in [0.15, 0.2) is 18.9 Å². The minimum Gasteiger partial charge on any atom is -0.619 e. The van der Waals surface area contributed by atoms with Crippen molar-refractivity contribution in [3.8, 4) is 33.6 Å². The molecule has 2 heterocycles. The van der Waals surface area contributed by atoms with Crippen molar-refractivity contribution < 1.29 is 38.2 Å². The van der Waals surface area contributed by atoms with Gasteiger partial charge in [-0.15, -0.1) is 10.2 Å². The quantitative estimate of drug-likeness (QED) is 0.255. The lowest BCUT2D eigenvalue weighted by Gasteiger charge is -2.17. The first-order valence-electron chi connectivity index (χ1n) is 11.3. The molecule has 0 saturated carbocycles. The fourth-order valence-electron chi connectivity index (χ4n) is 4.06. The monoisotopic (exact) mass is 514 g/mol. The maximum Gasteiger partial charge on any atom is 0.213 e. The zero-order valence-electron chi connectivity index (χ0n) is 19.6. The van der Waals surface area contributed by atoms with Gasteiger partial charge in [-0.3, -0.25) is 0 Å². The van der Waals surface area contributed by atoms with Crippen LogP contribution in [0.5, 0.6) is 0 Å². The molecule has 0 atom stereocenters. The van der Waals surface area contributed by atoms with Gasteiger partial charge < -0.3 is 5.21 Å². The van der Waals surface area contributed by atoms with Gasteiger partial charge in [0.1, 0.15) is 0 Å². The van der Waals surface area contributed by atoms with Crippen LogP contribution in [-0.2, 0) is 6.54 Å². The van der Waals surface area contributed by atoms with E-state index in [1.165, 1.54) is 11.8 Å². The van der Waals surface area contributed by atoms with E-state index in [1.54, 1.807) is 12.3 Å². The first-order valence-corrected chi connectivity index (χ1v) is 12.5. The number of rotatable bonds is 5. The Kier molecular flexibility index (Phi) is 8.25. The van der Waals surface area contributed by atoms with E-state index in [-0.39, 0.29) is 0 Å². The van der Waals surface area contributed by atoms with Gasteiger partial charge in [0.05, 0.1) is 5.56 Å². The molecule has 2 aromatic heterocycles. The highest BCUT2D eigenvalue weighted by atomic mass is 35.7. The van der Waals surface area contributed by atoms with Gasteiger partial charge in [0.25, 0.3) is 0 Å². The third-order valence-electron chi connectivity index (χ3n) is 5.59. The van der Waals surface area contributed by atoms with Crippen LogP contribution in [0.1, 0.15) is 5.56 Å². The number of pyridine rings is 2. The molecule has 186 valence electrons. The molecule has 0 unspecified atom stereocenters. The summed E-state index contributed by atoms with van der Waals surface area (Å²) in [7, 11) is -4.94. The molecule has 3 aromatic carbocycles. The van der Waals surface area contributed by atoms with Gasteiger partial charge in [-0.05, 0) is 41.5 Å². The Morgan fingerprint density at radius 2 is 0.973 bits per heavy atom. The number of nitrogens with zero attached hydrogens (tertiary/aromatic N) is 2. The van der Waals surface area contributed by atoms with E-state index in [0.29, 0.717) is 6.54 Å². The zero-order chi connectivity index (χ0) is 26.3. The number of hydrogen-bond donors (Lipinski definition) is 0. The largest absolute Gasteiger partial charge is 0.619 e. The van der Waals surface area contributed by atoms with Crippen molar-refractivity contribution in [2.75, 3.05) is 0 Å². The predicted octanol–water partition coefficient (Wildman–Crippen LogP) is 0.901. The van der Waals surface area contributed by atoms with Crippen LogP contribution in [-0.4, -0.2) is 0 Å². The van der Waals surface area contributed by atoms with Crippen LogP contribution in [0.25, 0.3) is 33.6 Å². The molecule has 0 N–H and O–H groups in total. The smallest absolute Gasteiger partial charge is 0.213 e. The molecule has 0 aliphatic carbocycles. The Bertz CT molecular complexity index is 1380. The second kappa shape index (κ2) is 11.7. The molecule has 0 amide bonds. The molecule has 0 bridgehead atoms. The fraction of sp³-hybridized carbons (Fsp3) is 0.0345. The highest BCUT2D eigenvalue weighted by molar-refractivity contribution is 5.73. The van der Waals surface area contributed by atoms with E-state index < -0.39 is 10.2 Å². The van der Waals surface area contributed by atoms with E-state index in [2.05, 4.69) is 89.5 Å². The van der Waals surface area contributed by atoms with Crippen LogP contribution in [0.3, 0.4) is 0 Å². The predicted molar refractivity (Wildman–Crippen MR) is 127 cm³/mol. The van der Waals surface area contributed by atoms with Gasteiger partial charge in [0.2, 0.25) is 11.4 Å². The summed E-state index contributed by atoms with van der Waals surface area (Å²) in [5, 5.41) is 11.9. The molecule has 0 aliphatic heterocycles. The molecule has 37 heavy (non-hydrogen) atoms. The van der Waals surface area contributed by atoms with Crippen molar-refractivity contribution in [2.24, 2.45) is 0 Å². The van der Waals surface area contributed by atoms with Crippen LogP contribution >= 0.6 is 0 Å². The summed E-state index contributed by atoms with van der Waals surface area (Å²) < 4.78 is 37.1. The average molecular weight is 515 g/mol. The molecular weight excluding hydrogens is 492 g/mol. The molecular formula is C29H23ClN2O5. The Labute approximate surface area is 216 Å². The van der Waals surface area contributed by atoms with Gasteiger partial charge >= 0.3 is 0 Å². The number of aromatic nitrogens is 2. The van der Waals surface area contributed by atoms with Crippen molar-refractivity contribution in [3.05, 3.63) is 138 Å². The van der Waals surface area contributed by atoms with E-state index in [4.69, 9.17) is 18.6 Å². The fourth-order valence-corrected chi connectivity index (χ4v) is 4.06. The second-order valence-electron chi connectivity index (χ2n) is 8.15. The van der Waals surface area contributed by atoms with E-state index >= 15 is 0 Å². The van der Waals surface area contributed by atoms with E-state index in [0.717, 1.165) is 38.4 Å². The second-order valence-corrected chi connectivity index (χ2v) is 8.90. The third kappa shape index (κ3) is 7.44. The maximum atomic E-state index is 11.9. The lowest BCUT2D eigenvalue weighted by Crippen LogP contribution is -2.68. The molecule has 5 rings (SSSR count). The van der Waals surface area contributed by atoms with Crippen LogP contribution in [0.4, 0.5) is 0 Å². The van der Waals surface area contributed by atoms with Crippen molar-refractivity contribution in [3.63, 3.8) is 0 Å². The number of halogens is 1. The van der Waals surface area contributed by atoms with Gasteiger partial charge in [-0.1, -0.05) is 66.7 Å². The summed E-state index contributed by atoms with van der Waals surface area (Å²) in [4.78, 5) is 0. The molecule has 8 heteroatoms. The minimum absolute atomic E-state index is 0.590. The normalized spacial score (nSPS) is 10.9. The van der Waals surface area contributed by atoms with Crippen LogP contribution in [0.15, 0.2) is 128 Å². The van der Waals surface area contributed by atoms with Crippen LogP contribution in [0, 0.1) is 15.5 Å². The summed E-state index contributed by atoms with van der Waals surface area (Å²) in [5.74, 6) is 0. The van der Waals surface area contributed by atoms with Crippen molar-refractivity contribution >= 4 is 0 Å². The molecule has 0 fully saturated rings. The highest BCUT2D eigenvalue weighted by Crippen LogP contribution is 2.29. The van der Waals surface area contributed by atoms with Crippen LogP contribution in [0.2, 0.25) is 0 Å². The van der Waals surface area contributed by atoms with Gasteiger partial charge in [-0.25, -0.2) is 18.6 Å². The Hall–Kier alpha value is -4.11. The summed E-state index contributed by atoms with van der Waals surface area (Å²) in [6.45, 7) is 0.590. The van der Waals surface area contributed by atoms with Gasteiger partial charge in [0, 0.05) is 29.3 Å². The summed E-state index contributed by atoms with van der Waals surface area (Å²) in [5.41, 5.74) is 7.76. The van der Waals surface area contributed by atoms with E-state index in [9.17, 15) is 5.21 Å². The first-order chi connectivity index (χ1) is 17.8. The van der Waals surface area contributed by atoms with E-state index in [1.807, 2.05) is 24.3 Å². The van der Waals surface area contributed by atoms with Crippen molar-refractivity contribution in [1.82, 2.24) is 0 Å². The first kappa shape index (κ1) is 26.0. The SMILES string of the molecule is [O-][Cl+3]([O-])([O-])[O-].[O-][n+]1cccc(C[n+]2c(-c3ccccc3)cc(-c3ccccc3)cc2-c2ccccc2)c1. The number of hydrogen-bond acceptors (Lipinski definition) is 5. The summed E-state index contributed by atoms with van der Waals surface area (Å²) in [6.07, 6.45) is 3.16. The van der Waals surface area contributed by atoms with Crippen LogP contribution < -0.4 is 27.9 Å². The molecule has 7 nitrogen and oxygen atoms in total. The van der Waals surface area contributed by atoms with Crippen molar-refractivity contribution in [2.45, 2.75) is 6.54 Å². The average Bonchev–Trinajstić information content (AvgIpc) is 2.89. The standard InChI is InChI=1S/C29H23N2O.ClHO4/c32-30-18-10-11-23(21-30)22-31-28(25-14-6-2-7-15-25)19-27(24-12-4-1-5-13-24)20-29(31)26-16-8-3-9-17-26;2-1(3,4)5/h1-21H,22H2;(H,2,3,4,5)/q+1;/p-1. The molecule has 0 spiro atoms. The molecule has 0 aliphatic rings. The Morgan fingerprint density at radius 3 is 1.41 bits per heavy atom. The minimum atomic E-state index is -4.94. The summed E-state index contributed by atoms with van der Waals surface area (Å²) in [6, 6.07) is 39.6.